The van der Waals surface area contributed by atoms with Crippen LogP contribution in [0.25, 0.3) is 22.8 Å². The fourth-order valence-corrected chi connectivity index (χ4v) is 2.84. The number of anilines is 1. The van der Waals surface area contributed by atoms with E-state index in [4.69, 9.17) is 9.25 Å². The molecule has 8 nitrogen and oxygen atoms in total. The van der Waals surface area contributed by atoms with Crippen LogP contribution in [0.5, 0.6) is 11.8 Å². The Kier molecular flexibility index (Phi) is 4.89. The number of hydrogen-bond acceptors (Lipinski definition) is 7. The van der Waals surface area contributed by atoms with Crippen molar-refractivity contribution in [3.05, 3.63) is 72.4 Å². The van der Waals surface area contributed by atoms with E-state index in [0.717, 1.165) is 11.3 Å². The van der Waals surface area contributed by atoms with E-state index < -0.39 is 5.97 Å². The lowest BCUT2D eigenvalue weighted by Crippen LogP contribution is -2.18. The maximum atomic E-state index is 12.2. The molecule has 8 heteroatoms. The number of aromatic hydroxyl groups is 2. The molecule has 2 aromatic heterocycles. The zero-order valence-electron chi connectivity index (χ0n) is 16.3. The Labute approximate surface area is 172 Å². The second-order valence-corrected chi connectivity index (χ2v) is 6.77. The molecular weight excluding hydrogens is 386 g/mol. The van der Waals surface area contributed by atoms with Crippen LogP contribution in [0.4, 0.5) is 5.69 Å². The summed E-state index contributed by atoms with van der Waals surface area (Å²) >= 11 is 0. The van der Waals surface area contributed by atoms with Gasteiger partial charge in [-0.25, -0.2) is 9.78 Å². The van der Waals surface area contributed by atoms with Crippen molar-refractivity contribution in [1.29, 1.82) is 0 Å². The van der Waals surface area contributed by atoms with Gasteiger partial charge in [-0.3, -0.25) is 0 Å². The first-order chi connectivity index (χ1) is 14.4. The van der Waals surface area contributed by atoms with Gasteiger partial charge in [0.15, 0.2) is 5.76 Å². The van der Waals surface area contributed by atoms with Crippen LogP contribution in [-0.2, 0) is 0 Å². The van der Waals surface area contributed by atoms with Crippen LogP contribution in [0.1, 0.15) is 10.4 Å². The zero-order chi connectivity index (χ0) is 21.3. The number of hydrogen-bond donors (Lipinski definition) is 2. The number of carbonyl (C=O) groups is 1. The molecule has 0 bridgehead atoms. The van der Waals surface area contributed by atoms with Gasteiger partial charge in [0, 0.05) is 43.0 Å². The molecule has 0 atom stereocenters. The monoisotopic (exact) mass is 405 g/mol. The highest BCUT2D eigenvalue weighted by atomic mass is 16.7. The largest absolute Gasteiger partial charge is 0.492 e. The summed E-state index contributed by atoms with van der Waals surface area (Å²) < 4.78 is 6.50. The van der Waals surface area contributed by atoms with Crippen LogP contribution in [-0.4, -0.2) is 40.0 Å². The summed E-state index contributed by atoms with van der Waals surface area (Å²) in [4.78, 5) is 23.5. The van der Waals surface area contributed by atoms with E-state index in [0.29, 0.717) is 21.9 Å². The van der Waals surface area contributed by atoms with Crippen molar-refractivity contribution >= 4 is 11.7 Å². The molecule has 0 spiro atoms. The summed E-state index contributed by atoms with van der Waals surface area (Å²) in [6.07, 6.45) is 1.65. The SMILES string of the molecule is CN(C)c1ccc(-c2cnc(-c3ccc(C(=O)On4c(O)ccc4O)cc3)o2)cc1. The third-order valence-corrected chi connectivity index (χ3v) is 4.51. The predicted octanol–water partition coefficient (Wildman–Crippen LogP) is 3.56. The third-order valence-electron chi connectivity index (χ3n) is 4.51. The van der Waals surface area contributed by atoms with Crippen molar-refractivity contribution < 1.29 is 24.3 Å². The number of aromatic nitrogens is 2. The van der Waals surface area contributed by atoms with Gasteiger partial charge in [0.25, 0.3) is 0 Å². The highest BCUT2D eigenvalue weighted by Gasteiger charge is 2.15. The quantitative estimate of drug-likeness (QED) is 0.524. The molecule has 2 aromatic carbocycles. The summed E-state index contributed by atoms with van der Waals surface area (Å²) in [5, 5.41) is 19.1. The van der Waals surface area contributed by atoms with Gasteiger partial charge in [0.05, 0.1) is 11.8 Å². The van der Waals surface area contributed by atoms with Crippen molar-refractivity contribution in [2.24, 2.45) is 0 Å². The van der Waals surface area contributed by atoms with Gasteiger partial charge in [0.2, 0.25) is 17.7 Å². The first-order valence-corrected chi connectivity index (χ1v) is 9.09. The second-order valence-electron chi connectivity index (χ2n) is 6.77. The Hall–Kier alpha value is -4.20. The number of benzene rings is 2. The van der Waals surface area contributed by atoms with Crippen LogP contribution in [0.2, 0.25) is 0 Å². The maximum absolute atomic E-state index is 12.2. The first-order valence-electron chi connectivity index (χ1n) is 9.09. The predicted molar refractivity (Wildman–Crippen MR) is 110 cm³/mol. The van der Waals surface area contributed by atoms with E-state index in [2.05, 4.69) is 4.98 Å². The van der Waals surface area contributed by atoms with Gasteiger partial charge in [0.1, 0.15) is 0 Å². The molecule has 0 radical (unpaired) electrons. The molecule has 0 amide bonds. The average molecular weight is 405 g/mol. The van der Waals surface area contributed by atoms with Crippen molar-refractivity contribution in [3.8, 4) is 34.5 Å². The first kappa shape index (κ1) is 19.1. The Bertz CT molecular complexity index is 1150. The number of nitrogens with zero attached hydrogens (tertiary/aromatic N) is 3. The van der Waals surface area contributed by atoms with Gasteiger partial charge in [-0.15, -0.1) is 4.73 Å². The molecule has 0 saturated carbocycles. The highest BCUT2D eigenvalue weighted by molar-refractivity contribution is 5.90. The molecule has 0 fully saturated rings. The lowest BCUT2D eigenvalue weighted by molar-refractivity contribution is 0.0382. The number of oxazole rings is 1. The van der Waals surface area contributed by atoms with Gasteiger partial charge in [-0.2, -0.15) is 0 Å². The van der Waals surface area contributed by atoms with Crippen LogP contribution in [0.15, 0.2) is 71.3 Å². The van der Waals surface area contributed by atoms with E-state index >= 15 is 0 Å². The Morgan fingerprint density at radius 3 is 2.13 bits per heavy atom. The molecule has 4 rings (SSSR count). The summed E-state index contributed by atoms with van der Waals surface area (Å²) in [7, 11) is 3.95. The lowest BCUT2D eigenvalue weighted by Gasteiger charge is -2.11. The Balaban J connectivity index is 1.50. The molecule has 4 aromatic rings. The summed E-state index contributed by atoms with van der Waals surface area (Å²) in [6.45, 7) is 0. The van der Waals surface area contributed by atoms with E-state index in [1.165, 1.54) is 12.1 Å². The summed E-state index contributed by atoms with van der Waals surface area (Å²) in [5.41, 5.74) is 2.92. The van der Waals surface area contributed by atoms with Gasteiger partial charge in [-0.1, -0.05) is 0 Å². The molecule has 0 saturated heterocycles. The minimum absolute atomic E-state index is 0.234. The molecule has 152 valence electrons. The van der Waals surface area contributed by atoms with Crippen LogP contribution in [0, 0.1) is 0 Å². The topological polar surface area (TPSA) is 101 Å². The molecule has 0 unspecified atom stereocenters. The maximum Gasteiger partial charge on any atom is 0.363 e. The average Bonchev–Trinajstić information content (AvgIpc) is 3.37. The number of carbonyl (C=O) groups excluding carboxylic acids is 1. The minimum atomic E-state index is -0.738. The van der Waals surface area contributed by atoms with Gasteiger partial charge in [-0.05, 0) is 48.5 Å². The summed E-state index contributed by atoms with van der Waals surface area (Å²) in [5.74, 6) is -0.455. The van der Waals surface area contributed by atoms with Crippen molar-refractivity contribution in [1.82, 2.24) is 9.71 Å². The van der Waals surface area contributed by atoms with Crippen molar-refractivity contribution in [2.75, 3.05) is 19.0 Å². The molecule has 0 aliphatic heterocycles. The van der Waals surface area contributed by atoms with E-state index in [-0.39, 0.29) is 17.3 Å². The van der Waals surface area contributed by atoms with E-state index in [1.54, 1.807) is 30.5 Å². The zero-order valence-corrected chi connectivity index (χ0v) is 16.3. The summed E-state index contributed by atoms with van der Waals surface area (Å²) in [6, 6.07) is 16.8. The van der Waals surface area contributed by atoms with Gasteiger partial charge < -0.3 is 24.4 Å². The molecule has 30 heavy (non-hydrogen) atoms. The molecule has 2 heterocycles. The van der Waals surface area contributed by atoms with Crippen molar-refractivity contribution in [2.45, 2.75) is 0 Å². The molecular formula is C22H19N3O5. The van der Waals surface area contributed by atoms with E-state index in [9.17, 15) is 15.0 Å². The molecule has 0 aliphatic rings. The van der Waals surface area contributed by atoms with E-state index in [1.807, 2.05) is 43.3 Å². The van der Waals surface area contributed by atoms with Crippen LogP contribution < -0.4 is 9.74 Å². The van der Waals surface area contributed by atoms with Gasteiger partial charge >= 0.3 is 5.97 Å². The Morgan fingerprint density at radius 1 is 0.933 bits per heavy atom. The number of rotatable bonds is 5. The normalized spacial score (nSPS) is 10.7. The highest BCUT2D eigenvalue weighted by Crippen LogP contribution is 2.28. The standard InChI is InChI=1S/C22H19N3O5/c1-24(2)17-9-7-14(8-10-17)18-13-23-21(29-18)15-3-5-16(6-4-15)22(28)30-25-19(26)11-12-20(25)27/h3-13,26-27H,1-2H3. The van der Waals surface area contributed by atoms with Crippen LogP contribution >= 0.6 is 0 Å². The smallest absolute Gasteiger partial charge is 0.363 e. The molecule has 2 N–H and O–H groups in total. The minimum Gasteiger partial charge on any atom is -0.492 e. The van der Waals surface area contributed by atoms with Crippen LogP contribution in [0.3, 0.4) is 0 Å². The fourth-order valence-electron chi connectivity index (χ4n) is 2.84. The van der Waals surface area contributed by atoms with Crippen molar-refractivity contribution in [3.63, 3.8) is 0 Å². The third kappa shape index (κ3) is 3.70. The Morgan fingerprint density at radius 2 is 1.53 bits per heavy atom. The lowest BCUT2D eigenvalue weighted by atomic mass is 10.1. The second kappa shape index (κ2) is 7.67. The molecule has 0 aliphatic carbocycles. The fraction of sp³-hybridized carbons (Fsp3) is 0.0909.